The van der Waals surface area contributed by atoms with E-state index in [9.17, 15) is 9.59 Å². The summed E-state index contributed by atoms with van der Waals surface area (Å²) in [4.78, 5) is 25.8. The number of anilines is 1. The lowest BCUT2D eigenvalue weighted by Gasteiger charge is -2.16. The number of aromatic nitrogens is 1. The molecule has 0 aliphatic carbocycles. The quantitative estimate of drug-likeness (QED) is 0.756. The minimum atomic E-state index is -0.978. The number of carboxylic acid groups (broad SMARTS) is 1. The summed E-state index contributed by atoms with van der Waals surface area (Å²) in [6.07, 6.45) is 3.80. The fourth-order valence-corrected chi connectivity index (χ4v) is 1.74. The van der Waals surface area contributed by atoms with Crippen molar-refractivity contribution in [3.8, 4) is 0 Å². The first-order valence-corrected chi connectivity index (χ1v) is 5.26. The van der Waals surface area contributed by atoms with Crippen LogP contribution < -0.4 is 5.32 Å². The maximum atomic E-state index is 11.1. The summed E-state index contributed by atoms with van der Waals surface area (Å²) < 4.78 is 0. The monoisotopic (exact) mass is 232 g/mol. The van der Waals surface area contributed by atoms with E-state index in [0.29, 0.717) is 24.2 Å². The molecule has 0 spiro atoms. The van der Waals surface area contributed by atoms with Crippen molar-refractivity contribution in [2.24, 2.45) is 0 Å². The third kappa shape index (κ3) is 2.50. The van der Waals surface area contributed by atoms with E-state index >= 15 is 0 Å². The first-order chi connectivity index (χ1) is 8.06. The van der Waals surface area contributed by atoms with Gasteiger partial charge in [0.05, 0.1) is 0 Å². The molecule has 0 fully saturated rings. The minimum absolute atomic E-state index is 0.0319. The fraction of sp³-hybridized carbons (Fsp3) is 0.250. The van der Waals surface area contributed by atoms with Crippen LogP contribution in [0.3, 0.4) is 0 Å². The van der Waals surface area contributed by atoms with Gasteiger partial charge < -0.3 is 10.4 Å². The molecule has 1 aromatic rings. The third-order valence-corrected chi connectivity index (χ3v) is 2.64. The number of rotatable bonds is 2. The number of carboxylic acids is 1. The number of nitrogens with zero attached hydrogens (tertiary/aromatic N) is 1. The van der Waals surface area contributed by atoms with Crippen LogP contribution in [0, 0.1) is 0 Å². The topological polar surface area (TPSA) is 79.3 Å². The van der Waals surface area contributed by atoms with Crippen LogP contribution in [-0.2, 0) is 16.0 Å². The predicted molar refractivity (Wildman–Crippen MR) is 62.5 cm³/mol. The van der Waals surface area contributed by atoms with Crippen LogP contribution in [0.1, 0.15) is 24.5 Å². The van der Waals surface area contributed by atoms with Crippen LogP contribution in [0.15, 0.2) is 18.3 Å². The molecular formula is C12H12N2O3. The summed E-state index contributed by atoms with van der Waals surface area (Å²) >= 11 is 0. The maximum absolute atomic E-state index is 11.1. The predicted octanol–water partition coefficient (Wildman–Crippen LogP) is 1.45. The molecule has 0 aromatic carbocycles. The highest BCUT2D eigenvalue weighted by Gasteiger charge is 2.16. The summed E-state index contributed by atoms with van der Waals surface area (Å²) in [6, 6.07) is 1.87. The van der Waals surface area contributed by atoms with Gasteiger partial charge in [0.15, 0.2) is 0 Å². The summed E-state index contributed by atoms with van der Waals surface area (Å²) in [5, 5.41) is 11.3. The number of allylic oxidation sites excluding steroid dienone is 1. The van der Waals surface area contributed by atoms with E-state index in [2.05, 4.69) is 10.3 Å². The number of hydrogen-bond donors (Lipinski definition) is 2. The number of fused-ring (bicyclic) bond motifs is 1. The van der Waals surface area contributed by atoms with Crippen molar-refractivity contribution in [2.45, 2.75) is 19.8 Å². The van der Waals surface area contributed by atoms with Crippen LogP contribution >= 0.6 is 0 Å². The van der Waals surface area contributed by atoms with Crippen LogP contribution in [0.5, 0.6) is 0 Å². The van der Waals surface area contributed by atoms with Gasteiger partial charge >= 0.3 is 5.97 Å². The lowest BCUT2D eigenvalue weighted by molar-refractivity contribution is -0.131. The molecule has 88 valence electrons. The van der Waals surface area contributed by atoms with Crippen molar-refractivity contribution >= 4 is 23.3 Å². The van der Waals surface area contributed by atoms with Gasteiger partial charge in [0.1, 0.15) is 5.82 Å². The third-order valence-electron chi connectivity index (χ3n) is 2.64. The molecule has 5 heteroatoms. The lowest BCUT2D eigenvalue weighted by atomic mass is 10.0. The Kier molecular flexibility index (Phi) is 2.91. The number of carbonyl (C=O) groups excluding carboxylic acids is 1. The number of nitrogens with one attached hydrogen (secondary N) is 1. The standard InChI is InChI=1S/C12H12N2O3/c1-7(4-11(16)17)9-5-8-2-3-10(15)14-12(8)13-6-9/h4-6H,2-3H2,1H3,(H,16,17)(H,13,14,15)/b7-4-. The first-order valence-electron chi connectivity index (χ1n) is 5.26. The molecule has 0 saturated heterocycles. The second kappa shape index (κ2) is 4.37. The average molecular weight is 232 g/mol. The van der Waals surface area contributed by atoms with Crippen LogP contribution in [0.25, 0.3) is 5.57 Å². The van der Waals surface area contributed by atoms with E-state index in [4.69, 9.17) is 5.11 Å². The Hall–Kier alpha value is -2.17. The fourth-order valence-electron chi connectivity index (χ4n) is 1.74. The van der Waals surface area contributed by atoms with Crippen molar-refractivity contribution < 1.29 is 14.7 Å². The molecule has 0 radical (unpaired) electrons. The van der Waals surface area contributed by atoms with Crippen molar-refractivity contribution in [3.05, 3.63) is 29.5 Å². The van der Waals surface area contributed by atoms with E-state index < -0.39 is 5.97 Å². The van der Waals surface area contributed by atoms with Gasteiger partial charge in [-0.1, -0.05) is 0 Å². The molecule has 2 rings (SSSR count). The lowest BCUT2D eigenvalue weighted by Crippen LogP contribution is -2.20. The largest absolute Gasteiger partial charge is 0.478 e. The molecule has 5 nitrogen and oxygen atoms in total. The molecule has 2 N–H and O–H groups in total. The summed E-state index contributed by atoms with van der Waals surface area (Å²) in [7, 11) is 0. The number of carbonyl (C=O) groups is 2. The molecule has 0 atom stereocenters. The van der Waals surface area contributed by atoms with Gasteiger partial charge in [-0.15, -0.1) is 0 Å². The van der Waals surface area contributed by atoms with E-state index in [0.717, 1.165) is 17.2 Å². The Balaban J connectivity index is 2.34. The molecule has 0 bridgehead atoms. The number of pyridine rings is 1. The van der Waals surface area contributed by atoms with Crippen LogP contribution in [0.2, 0.25) is 0 Å². The zero-order valence-corrected chi connectivity index (χ0v) is 9.36. The smallest absolute Gasteiger partial charge is 0.328 e. The Morgan fingerprint density at radius 2 is 2.29 bits per heavy atom. The molecule has 0 saturated carbocycles. The van der Waals surface area contributed by atoms with E-state index in [-0.39, 0.29) is 5.91 Å². The summed E-state index contributed by atoms with van der Waals surface area (Å²) in [6.45, 7) is 1.72. The Labute approximate surface area is 98.2 Å². The molecule has 2 heterocycles. The molecule has 1 amide bonds. The summed E-state index contributed by atoms with van der Waals surface area (Å²) in [5.74, 6) is -0.433. The summed E-state index contributed by atoms with van der Waals surface area (Å²) in [5.41, 5.74) is 2.35. The molecule has 1 aliphatic rings. The van der Waals surface area contributed by atoms with Crippen LogP contribution in [0.4, 0.5) is 5.82 Å². The van der Waals surface area contributed by atoms with Crippen LogP contribution in [-0.4, -0.2) is 22.0 Å². The van der Waals surface area contributed by atoms with Gasteiger partial charge in [-0.2, -0.15) is 0 Å². The average Bonchev–Trinajstić information content (AvgIpc) is 2.27. The second-order valence-electron chi connectivity index (χ2n) is 3.95. The van der Waals surface area contributed by atoms with Crippen molar-refractivity contribution in [1.82, 2.24) is 4.98 Å². The van der Waals surface area contributed by atoms with Gasteiger partial charge in [-0.3, -0.25) is 4.79 Å². The van der Waals surface area contributed by atoms with Gasteiger partial charge in [-0.25, -0.2) is 9.78 Å². The van der Waals surface area contributed by atoms with Gasteiger partial charge in [0, 0.05) is 18.7 Å². The molecular weight excluding hydrogens is 220 g/mol. The van der Waals surface area contributed by atoms with Crippen molar-refractivity contribution in [3.63, 3.8) is 0 Å². The van der Waals surface area contributed by atoms with Gasteiger partial charge in [0.25, 0.3) is 0 Å². The highest BCUT2D eigenvalue weighted by molar-refractivity contribution is 5.93. The number of aliphatic carboxylic acids is 1. The zero-order chi connectivity index (χ0) is 12.4. The highest BCUT2D eigenvalue weighted by atomic mass is 16.4. The number of amides is 1. The SMILES string of the molecule is C/C(=C/C(=O)O)c1cnc2c(c1)CCC(=O)N2. The highest BCUT2D eigenvalue weighted by Crippen LogP contribution is 2.23. The molecule has 1 aromatic heterocycles. The normalized spacial score (nSPS) is 15.1. The molecule has 0 unspecified atom stereocenters. The maximum Gasteiger partial charge on any atom is 0.328 e. The second-order valence-corrected chi connectivity index (χ2v) is 3.95. The van der Waals surface area contributed by atoms with Gasteiger partial charge in [0.2, 0.25) is 5.91 Å². The Bertz CT molecular complexity index is 520. The minimum Gasteiger partial charge on any atom is -0.478 e. The van der Waals surface area contributed by atoms with Crippen molar-refractivity contribution in [2.75, 3.05) is 5.32 Å². The zero-order valence-electron chi connectivity index (χ0n) is 9.36. The van der Waals surface area contributed by atoms with E-state index in [1.54, 1.807) is 13.1 Å². The molecule has 1 aliphatic heterocycles. The van der Waals surface area contributed by atoms with E-state index in [1.807, 2.05) is 6.07 Å². The number of aryl methyl sites for hydroxylation is 1. The van der Waals surface area contributed by atoms with Crippen molar-refractivity contribution in [1.29, 1.82) is 0 Å². The Morgan fingerprint density at radius 1 is 1.53 bits per heavy atom. The first kappa shape index (κ1) is 11.3. The number of hydrogen-bond acceptors (Lipinski definition) is 3. The van der Waals surface area contributed by atoms with Gasteiger partial charge in [-0.05, 0) is 36.1 Å². The molecule has 17 heavy (non-hydrogen) atoms. The Morgan fingerprint density at radius 3 is 3.00 bits per heavy atom. The van der Waals surface area contributed by atoms with E-state index in [1.165, 1.54) is 0 Å².